The molecule has 0 saturated carbocycles. The summed E-state index contributed by atoms with van der Waals surface area (Å²) in [6.07, 6.45) is 2.13. The number of hydrogen-bond donors (Lipinski definition) is 3. The van der Waals surface area contributed by atoms with Crippen LogP contribution in [-0.4, -0.2) is 29.4 Å². The highest BCUT2D eigenvalue weighted by Crippen LogP contribution is 2.28. The maximum Gasteiger partial charge on any atom is 0.240 e. The molecule has 0 bridgehead atoms. The minimum Gasteiger partial charge on any atom is -0.504 e. The van der Waals surface area contributed by atoms with Crippen molar-refractivity contribution in [1.29, 1.82) is 0 Å². The molecular formula is C24H24N2O5. The smallest absolute Gasteiger partial charge is 0.240 e. The first-order chi connectivity index (χ1) is 15.0. The third kappa shape index (κ3) is 6.50. The van der Waals surface area contributed by atoms with Crippen LogP contribution < -0.4 is 14.9 Å². The molecule has 3 aromatic carbocycles. The molecule has 0 saturated heterocycles. The normalized spacial score (nSPS) is 10.7. The van der Waals surface area contributed by atoms with Gasteiger partial charge in [-0.15, -0.1) is 0 Å². The van der Waals surface area contributed by atoms with E-state index in [-0.39, 0.29) is 23.8 Å². The molecule has 0 unspecified atom stereocenters. The van der Waals surface area contributed by atoms with Gasteiger partial charge in [0.15, 0.2) is 23.0 Å². The van der Waals surface area contributed by atoms with Gasteiger partial charge >= 0.3 is 0 Å². The predicted molar refractivity (Wildman–Crippen MR) is 118 cm³/mol. The number of carbonyl (C=O) groups is 1. The number of phenols is 2. The number of nitrogens with zero attached hydrogens (tertiary/aromatic N) is 1. The Labute approximate surface area is 180 Å². The van der Waals surface area contributed by atoms with E-state index in [2.05, 4.69) is 10.5 Å². The van der Waals surface area contributed by atoms with Crippen molar-refractivity contribution >= 4 is 12.1 Å². The van der Waals surface area contributed by atoms with Gasteiger partial charge in [0.05, 0.1) is 13.3 Å². The van der Waals surface area contributed by atoms with E-state index in [0.717, 1.165) is 16.7 Å². The fourth-order valence-corrected chi connectivity index (χ4v) is 2.84. The molecule has 160 valence electrons. The highest BCUT2D eigenvalue weighted by Gasteiger charge is 2.07. The van der Waals surface area contributed by atoms with Crippen LogP contribution >= 0.6 is 0 Å². The van der Waals surface area contributed by atoms with Crippen LogP contribution in [0.25, 0.3) is 0 Å². The van der Waals surface area contributed by atoms with Crippen molar-refractivity contribution in [2.24, 2.45) is 5.10 Å². The lowest BCUT2D eigenvalue weighted by molar-refractivity contribution is -0.121. The lowest BCUT2D eigenvalue weighted by Gasteiger charge is -2.11. The standard InChI is InChI=1S/C24H24N2O5/c1-30-23-14-19(8-11-22(23)31-16-18-5-3-2-4-6-18)15-25-26-24(29)12-9-17-7-10-20(27)21(28)13-17/h2-8,10-11,13-15,27-28H,9,12,16H2,1H3,(H,26,29)/b25-15-. The monoisotopic (exact) mass is 420 g/mol. The van der Waals surface area contributed by atoms with Crippen molar-refractivity contribution in [2.45, 2.75) is 19.4 Å². The zero-order valence-corrected chi connectivity index (χ0v) is 17.1. The van der Waals surface area contributed by atoms with Crippen molar-refractivity contribution in [3.63, 3.8) is 0 Å². The average Bonchev–Trinajstić information content (AvgIpc) is 2.79. The molecule has 7 heteroatoms. The lowest BCUT2D eigenvalue weighted by atomic mass is 10.1. The maximum absolute atomic E-state index is 12.0. The van der Waals surface area contributed by atoms with E-state index in [4.69, 9.17) is 9.47 Å². The molecular weight excluding hydrogens is 396 g/mol. The molecule has 0 heterocycles. The highest BCUT2D eigenvalue weighted by molar-refractivity contribution is 5.83. The van der Waals surface area contributed by atoms with Gasteiger partial charge in [-0.2, -0.15) is 5.10 Å². The number of carbonyl (C=O) groups excluding carboxylic acids is 1. The summed E-state index contributed by atoms with van der Waals surface area (Å²) in [7, 11) is 1.56. The van der Waals surface area contributed by atoms with E-state index in [1.54, 1.807) is 25.3 Å². The van der Waals surface area contributed by atoms with Gasteiger partial charge in [-0.05, 0) is 53.4 Å². The van der Waals surface area contributed by atoms with E-state index >= 15 is 0 Å². The first-order valence-electron chi connectivity index (χ1n) is 9.72. The van der Waals surface area contributed by atoms with E-state index in [1.807, 2.05) is 36.4 Å². The van der Waals surface area contributed by atoms with E-state index in [1.165, 1.54) is 18.3 Å². The van der Waals surface area contributed by atoms with Gasteiger partial charge in [0, 0.05) is 6.42 Å². The first-order valence-corrected chi connectivity index (χ1v) is 9.72. The highest BCUT2D eigenvalue weighted by atomic mass is 16.5. The Morgan fingerprint density at radius 3 is 2.52 bits per heavy atom. The number of rotatable bonds is 9. The molecule has 0 aliphatic heterocycles. The van der Waals surface area contributed by atoms with E-state index < -0.39 is 0 Å². The van der Waals surface area contributed by atoms with Crippen LogP contribution in [0.5, 0.6) is 23.0 Å². The molecule has 0 aliphatic rings. The van der Waals surface area contributed by atoms with Crippen LogP contribution in [0.2, 0.25) is 0 Å². The van der Waals surface area contributed by atoms with Crippen LogP contribution in [-0.2, 0) is 17.8 Å². The Bertz CT molecular complexity index is 1050. The van der Waals surface area contributed by atoms with Crippen LogP contribution in [0, 0.1) is 0 Å². The topological polar surface area (TPSA) is 100 Å². The maximum atomic E-state index is 12.0. The zero-order chi connectivity index (χ0) is 22.1. The molecule has 31 heavy (non-hydrogen) atoms. The van der Waals surface area contributed by atoms with Crippen molar-refractivity contribution in [2.75, 3.05) is 7.11 Å². The van der Waals surface area contributed by atoms with Gasteiger partial charge in [0.1, 0.15) is 6.61 Å². The van der Waals surface area contributed by atoms with Gasteiger partial charge < -0.3 is 19.7 Å². The SMILES string of the molecule is COc1cc(/C=N\NC(=O)CCc2ccc(O)c(O)c2)ccc1OCc1ccccc1. The molecule has 0 spiro atoms. The summed E-state index contributed by atoms with van der Waals surface area (Å²) in [4.78, 5) is 12.0. The number of aromatic hydroxyl groups is 2. The molecule has 0 aliphatic carbocycles. The van der Waals surface area contributed by atoms with Crippen LogP contribution in [0.3, 0.4) is 0 Å². The fourth-order valence-electron chi connectivity index (χ4n) is 2.84. The number of methoxy groups -OCH3 is 1. The van der Waals surface area contributed by atoms with Gasteiger partial charge in [0.2, 0.25) is 5.91 Å². The van der Waals surface area contributed by atoms with Gasteiger partial charge in [-0.25, -0.2) is 5.43 Å². The molecule has 3 N–H and O–H groups in total. The van der Waals surface area contributed by atoms with E-state index in [9.17, 15) is 15.0 Å². The Balaban J connectivity index is 1.51. The van der Waals surface area contributed by atoms with Gasteiger partial charge in [0.25, 0.3) is 0 Å². The second-order valence-electron chi connectivity index (χ2n) is 6.80. The third-order valence-corrected chi connectivity index (χ3v) is 4.51. The number of hydrazone groups is 1. The molecule has 0 radical (unpaired) electrons. The molecule has 0 aromatic heterocycles. The molecule has 3 rings (SSSR count). The predicted octanol–water partition coefficient (Wildman–Crippen LogP) is 3.77. The van der Waals surface area contributed by atoms with E-state index in [0.29, 0.717) is 24.5 Å². The van der Waals surface area contributed by atoms with Gasteiger partial charge in [-0.3, -0.25) is 4.79 Å². The second-order valence-corrected chi connectivity index (χ2v) is 6.80. The Morgan fingerprint density at radius 1 is 0.968 bits per heavy atom. The summed E-state index contributed by atoms with van der Waals surface area (Å²) < 4.78 is 11.2. The number of ether oxygens (including phenoxy) is 2. The van der Waals surface area contributed by atoms with Crippen LogP contribution in [0.15, 0.2) is 71.8 Å². The number of phenolic OH excluding ortho intramolecular Hbond substituents is 2. The van der Waals surface area contributed by atoms with Crippen LogP contribution in [0.1, 0.15) is 23.1 Å². The van der Waals surface area contributed by atoms with Gasteiger partial charge in [-0.1, -0.05) is 36.4 Å². The number of benzene rings is 3. The Morgan fingerprint density at radius 2 is 1.77 bits per heavy atom. The Kier molecular flexibility index (Phi) is 7.48. The third-order valence-electron chi connectivity index (χ3n) is 4.51. The first kappa shape index (κ1) is 21.7. The number of aryl methyl sites for hydroxylation is 1. The average molecular weight is 420 g/mol. The minimum atomic E-state index is -0.265. The van der Waals surface area contributed by atoms with Crippen LogP contribution in [0.4, 0.5) is 0 Å². The van der Waals surface area contributed by atoms with Crippen molar-refractivity contribution in [3.05, 3.63) is 83.4 Å². The summed E-state index contributed by atoms with van der Waals surface area (Å²) in [5, 5.41) is 22.8. The largest absolute Gasteiger partial charge is 0.504 e. The second kappa shape index (κ2) is 10.7. The van der Waals surface area contributed by atoms with Crippen molar-refractivity contribution in [3.8, 4) is 23.0 Å². The minimum absolute atomic E-state index is 0.190. The lowest BCUT2D eigenvalue weighted by Crippen LogP contribution is -2.17. The number of hydrogen-bond acceptors (Lipinski definition) is 6. The summed E-state index contributed by atoms with van der Waals surface area (Å²) in [6.45, 7) is 0.430. The summed E-state index contributed by atoms with van der Waals surface area (Å²) in [5.74, 6) is 0.521. The molecule has 0 fully saturated rings. The molecule has 1 amide bonds. The van der Waals surface area contributed by atoms with Crippen molar-refractivity contribution < 1.29 is 24.5 Å². The number of amides is 1. The summed E-state index contributed by atoms with van der Waals surface area (Å²) in [6, 6.07) is 19.7. The number of nitrogens with one attached hydrogen (secondary N) is 1. The summed E-state index contributed by atoms with van der Waals surface area (Å²) >= 11 is 0. The molecule has 3 aromatic rings. The molecule has 0 atom stereocenters. The quantitative estimate of drug-likeness (QED) is 0.278. The Hall–Kier alpha value is -4.00. The van der Waals surface area contributed by atoms with Crippen molar-refractivity contribution in [1.82, 2.24) is 5.43 Å². The fraction of sp³-hybridized carbons (Fsp3) is 0.167. The molecule has 7 nitrogen and oxygen atoms in total. The summed E-state index contributed by atoms with van der Waals surface area (Å²) in [5.41, 5.74) is 5.01. The zero-order valence-electron chi connectivity index (χ0n) is 17.1.